The molecule has 2 rings (SSSR count). The Kier molecular flexibility index (Phi) is 5.80. The first-order valence-electron chi connectivity index (χ1n) is 7.85. The van der Waals surface area contributed by atoms with Crippen molar-refractivity contribution in [3.8, 4) is 0 Å². The molecule has 122 valence electrons. The monoisotopic (exact) mass is 305 g/mol. The molecule has 1 amide bonds. The SMILES string of the molecule is CCO[C@H]1CN(C)C[C@@H]1NC(=O)Cc1ccc(N(C)C)cc1. The van der Waals surface area contributed by atoms with E-state index in [0.29, 0.717) is 13.0 Å². The fourth-order valence-electron chi connectivity index (χ4n) is 2.84. The molecule has 0 aromatic heterocycles. The van der Waals surface area contributed by atoms with E-state index in [1.54, 1.807) is 0 Å². The molecule has 1 aliphatic heterocycles. The van der Waals surface area contributed by atoms with E-state index in [1.807, 2.05) is 50.2 Å². The summed E-state index contributed by atoms with van der Waals surface area (Å²) in [5.74, 6) is 0.0580. The number of likely N-dealkylation sites (tertiary alicyclic amines) is 1. The lowest BCUT2D eigenvalue weighted by atomic mass is 10.1. The van der Waals surface area contributed by atoms with E-state index >= 15 is 0 Å². The molecule has 0 radical (unpaired) electrons. The van der Waals surface area contributed by atoms with Crippen LogP contribution in [0.3, 0.4) is 0 Å². The van der Waals surface area contributed by atoms with Gasteiger partial charge in [0.05, 0.1) is 18.6 Å². The van der Waals surface area contributed by atoms with Crippen molar-refractivity contribution in [3.05, 3.63) is 29.8 Å². The first kappa shape index (κ1) is 16.8. The first-order valence-corrected chi connectivity index (χ1v) is 7.85. The topological polar surface area (TPSA) is 44.8 Å². The van der Waals surface area contributed by atoms with E-state index in [-0.39, 0.29) is 18.1 Å². The lowest BCUT2D eigenvalue weighted by Crippen LogP contribution is -2.44. The van der Waals surface area contributed by atoms with Crippen LogP contribution in [-0.4, -0.2) is 63.8 Å². The number of hydrogen-bond donors (Lipinski definition) is 1. The predicted molar refractivity (Wildman–Crippen MR) is 89.3 cm³/mol. The van der Waals surface area contributed by atoms with Gasteiger partial charge < -0.3 is 19.9 Å². The quantitative estimate of drug-likeness (QED) is 0.856. The van der Waals surface area contributed by atoms with Gasteiger partial charge in [0.15, 0.2) is 0 Å². The second kappa shape index (κ2) is 7.61. The summed E-state index contributed by atoms with van der Waals surface area (Å²) in [7, 11) is 6.07. The molecule has 0 aliphatic carbocycles. The summed E-state index contributed by atoms with van der Waals surface area (Å²) in [6.45, 7) is 4.38. The van der Waals surface area contributed by atoms with Gasteiger partial charge in [-0.25, -0.2) is 0 Å². The number of nitrogens with zero attached hydrogens (tertiary/aromatic N) is 2. The number of anilines is 1. The first-order chi connectivity index (χ1) is 10.5. The summed E-state index contributed by atoms with van der Waals surface area (Å²) < 4.78 is 5.72. The smallest absolute Gasteiger partial charge is 0.224 e. The number of benzene rings is 1. The largest absolute Gasteiger partial charge is 0.378 e. The molecule has 22 heavy (non-hydrogen) atoms. The van der Waals surface area contributed by atoms with Gasteiger partial charge in [-0.15, -0.1) is 0 Å². The summed E-state index contributed by atoms with van der Waals surface area (Å²) in [6.07, 6.45) is 0.502. The summed E-state index contributed by atoms with van der Waals surface area (Å²) in [4.78, 5) is 16.5. The van der Waals surface area contributed by atoms with Crippen molar-refractivity contribution < 1.29 is 9.53 Å². The van der Waals surface area contributed by atoms with Crippen LogP contribution in [0.1, 0.15) is 12.5 Å². The number of hydrogen-bond acceptors (Lipinski definition) is 4. The van der Waals surface area contributed by atoms with Gasteiger partial charge in [-0.2, -0.15) is 0 Å². The standard InChI is InChI=1S/C17H27N3O2/c1-5-22-16-12-20(4)11-15(16)18-17(21)10-13-6-8-14(9-7-13)19(2)3/h6-9,15-16H,5,10-12H2,1-4H3,(H,18,21)/t15-,16-/m0/s1. The molecular weight excluding hydrogens is 278 g/mol. The highest BCUT2D eigenvalue weighted by Gasteiger charge is 2.32. The highest BCUT2D eigenvalue weighted by molar-refractivity contribution is 5.79. The number of amides is 1. The summed E-state index contributed by atoms with van der Waals surface area (Å²) >= 11 is 0. The van der Waals surface area contributed by atoms with Crippen molar-refractivity contribution >= 4 is 11.6 Å². The van der Waals surface area contributed by atoms with Gasteiger partial charge in [0.1, 0.15) is 0 Å². The van der Waals surface area contributed by atoms with E-state index in [2.05, 4.69) is 17.3 Å². The lowest BCUT2D eigenvalue weighted by molar-refractivity contribution is -0.121. The van der Waals surface area contributed by atoms with Crippen molar-refractivity contribution in [2.24, 2.45) is 0 Å². The number of likely N-dealkylation sites (N-methyl/N-ethyl adjacent to an activating group) is 1. The average Bonchev–Trinajstić information content (AvgIpc) is 2.79. The predicted octanol–water partition coefficient (Wildman–Crippen LogP) is 1.13. The molecule has 1 N–H and O–H groups in total. The molecule has 5 heteroatoms. The van der Waals surface area contributed by atoms with E-state index < -0.39 is 0 Å². The fourth-order valence-corrected chi connectivity index (χ4v) is 2.84. The summed E-state index contributed by atoms with van der Waals surface area (Å²) in [6, 6.07) is 8.17. The lowest BCUT2D eigenvalue weighted by Gasteiger charge is -2.20. The number of nitrogens with one attached hydrogen (secondary N) is 1. The number of carbonyl (C=O) groups is 1. The highest BCUT2D eigenvalue weighted by atomic mass is 16.5. The maximum atomic E-state index is 12.2. The molecule has 0 unspecified atom stereocenters. The molecule has 0 spiro atoms. The van der Waals surface area contributed by atoms with E-state index in [9.17, 15) is 4.79 Å². The third-order valence-electron chi connectivity index (χ3n) is 3.99. The Bertz CT molecular complexity index is 487. The number of carbonyl (C=O) groups excluding carboxylic acids is 1. The minimum Gasteiger partial charge on any atom is -0.378 e. The summed E-state index contributed by atoms with van der Waals surface area (Å²) in [5, 5.41) is 3.11. The molecule has 5 nitrogen and oxygen atoms in total. The molecule has 1 aromatic carbocycles. The van der Waals surface area contributed by atoms with Gasteiger partial charge in [-0.1, -0.05) is 12.1 Å². The van der Waals surface area contributed by atoms with Crippen molar-refractivity contribution in [1.29, 1.82) is 0 Å². The Hall–Kier alpha value is -1.59. The van der Waals surface area contributed by atoms with Gasteiger partial charge in [0, 0.05) is 39.5 Å². The van der Waals surface area contributed by atoms with Gasteiger partial charge in [-0.05, 0) is 31.7 Å². The zero-order chi connectivity index (χ0) is 16.1. The van der Waals surface area contributed by atoms with Crippen LogP contribution in [0.25, 0.3) is 0 Å². The van der Waals surface area contributed by atoms with Gasteiger partial charge in [0.25, 0.3) is 0 Å². The van der Waals surface area contributed by atoms with Crippen LogP contribution < -0.4 is 10.2 Å². The highest BCUT2D eigenvalue weighted by Crippen LogP contribution is 2.14. The molecule has 1 aromatic rings. The molecule has 1 heterocycles. The van der Waals surface area contributed by atoms with Crippen LogP contribution >= 0.6 is 0 Å². The van der Waals surface area contributed by atoms with Crippen molar-refractivity contribution in [3.63, 3.8) is 0 Å². The molecular formula is C17H27N3O2. The van der Waals surface area contributed by atoms with E-state index in [4.69, 9.17) is 4.74 Å². The van der Waals surface area contributed by atoms with Crippen molar-refractivity contribution in [2.45, 2.75) is 25.5 Å². The zero-order valence-corrected chi connectivity index (χ0v) is 14.0. The summed E-state index contributed by atoms with van der Waals surface area (Å²) in [5.41, 5.74) is 2.17. The maximum absolute atomic E-state index is 12.2. The van der Waals surface area contributed by atoms with Crippen LogP contribution in [0.15, 0.2) is 24.3 Å². The Morgan fingerprint density at radius 3 is 2.59 bits per heavy atom. The number of ether oxygens (including phenoxy) is 1. The normalized spacial score (nSPS) is 21.8. The van der Waals surface area contributed by atoms with Gasteiger partial charge >= 0.3 is 0 Å². The van der Waals surface area contributed by atoms with Crippen molar-refractivity contribution in [1.82, 2.24) is 10.2 Å². The van der Waals surface area contributed by atoms with Gasteiger partial charge in [0.2, 0.25) is 5.91 Å². The van der Waals surface area contributed by atoms with E-state index in [0.717, 1.165) is 24.3 Å². The van der Waals surface area contributed by atoms with E-state index in [1.165, 1.54) is 0 Å². The van der Waals surface area contributed by atoms with Crippen LogP contribution in [0.2, 0.25) is 0 Å². The van der Waals surface area contributed by atoms with Crippen LogP contribution in [-0.2, 0) is 16.0 Å². The minimum atomic E-state index is 0.0580. The second-order valence-corrected chi connectivity index (χ2v) is 6.13. The molecule has 0 saturated carbocycles. The van der Waals surface area contributed by atoms with Crippen LogP contribution in [0.5, 0.6) is 0 Å². The Labute approximate surface area is 133 Å². The maximum Gasteiger partial charge on any atom is 0.224 e. The molecule has 2 atom stereocenters. The number of rotatable bonds is 6. The van der Waals surface area contributed by atoms with Crippen molar-refractivity contribution in [2.75, 3.05) is 45.7 Å². The molecule has 1 fully saturated rings. The fraction of sp³-hybridized carbons (Fsp3) is 0.588. The molecule has 1 saturated heterocycles. The third kappa shape index (κ3) is 4.45. The Morgan fingerprint density at radius 1 is 1.32 bits per heavy atom. The minimum absolute atomic E-state index is 0.0580. The van der Waals surface area contributed by atoms with Crippen LogP contribution in [0.4, 0.5) is 5.69 Å². The Morgan fingerprint density at radius 2 is 2.00 bits per heavy atom. The van der Waals surface area contributed by atoms with Crippen LogP contribution in [0, 0.1) is 0 Å². The Balaban J connectivity index is 1.89. The third-order valence-corrected chi connectivity index (χ3v) is 3.99. The second-order valence-electron chi connectivity index (χ2n) is 6.13. The zero-order valence-electron chi connectivity index (χ0n) is 14.0. The average molecular weight is 305 g/mol. The molecule has 1 aliphatic rings. The van der Waals surface area contributed by atoms with Gasteiger partial charge in [-0.3, -0.25) is 4.79 Å². The molecule has 0 bridgehead atoms.